The molecule has 0 spiro atoms. The van der Waals surface area contributed by atoms with Crippen LogP contribution >= 0.6 is 0 Å². The summed E-state index contributed by atoms with van der Waals surface area (Å²) >= 11 is 0. The van der Waals surface area contributed by atoms with Crippen LogP contribution in [-0.4, -0.2) is 59.6 Å². The zero-order chi connectivity index (χ0) is 11.8. The van der Waals surface area contributed by atoms with Crippen LogP contribution in [0.3, 0.4) is 0 Å². The molecule has 15 heavy (non-hydrogen) atoms. The van der Waals surface area contributed by atoms with Gasteiger partial charge in [0.2, 0.25) is 0 Å². The van der Waals surface area contributed by atoms with E-state index >= 15 is 0 Å². The Labute approximate surface area is 91.9 Å². The van der Waals surface area contributed by atoms with Gasteiger partial charge in [-0.2, -0.15) is 0 Å². The minimum Gasteiger partial charge on any atom is -0.381 e. The van der Waals surface area contributed by atoms with E-state index in [4.69, 9.17) is 0 Å². The van der Waals surface area contributed by atoms with Crippen molar-refractivity contribution >= 4 is 5.91 Å². The van der Waals surface area contributed by atoms with Crippen LogP contribution in [0.2, 0.25) is 0 Å². The van der Waals surface area contributed by atoms with Gasteiger partial charge in [0, 0.05) is 19.1 Å². The molecule has 1 saturated heterocycles. The summed E-state index contributed by atoms with van der Waals surface area (Å²) in [5.74, 6) is 0.296. The molecule has 0 radical (unpaired) electrons. The second-order valence-electron chi connectivity index (χ2n) is 5.28. The number of carbonyl (C=O) groups is 1. The highest BCUT2D eigenvalue weighted by Gasteiger charge is 2.38. The van der Waals surface area contributed by atoms with Crippen molar-refractivity contribution < 1.29 is 9.90 Å². The minimum atomic E-state index is -1.25. The number of amides is 1. The van der Waals surface area contributed by atoms with Crippen LogP contribution in [0.25, 0.3) is 0 Å². The van der Waals surface area contributed by atoms with Gasteiger partial charge in [-0.25, -0.2) is 0 Å². The molecule has 1 aliphatic rings. The molecule has 0 saturated carbocycles. The maximum absolute atomic E-state index is 11.8. The lowest BCUT2D eigenvalue weighted by Crippen LogP contribution is -2.45. The Kier molecular flexibility index (Phi) is 3.41. The fraction of sp³-hybridized carbons (Fsp3) is 0.909. The molecule has 0 aromatic heterocycles. The quantitative estimate of drug-likeness (QED) is 0.712. The normalized spacial score (nSPS) is 27.5. The van der Waals surface area contributed by atoms with Gasteiger partial charge in [-0.05, 0) is 33.9 Å². The Morgan fingerprint density at radius 1 is 1.40 bits per heavy atom. The lowest BCUT2D eigenvalue weighted by atomic mass is 10.1. The summed E-state index contributed by atoms with van der Waals surface area (Å²) in [4.78, 5) is 15.7. The first-order valence-electron chi connectivity index (χ1n) is 5.41. The first-order chi connectivity index (χ1) is 6.73. The van der Waals surface area contributed by atoms with E-state index in [1.807, 2.05) is 14.1 Å². The van der Waals surface area contributed by atoms with E-state index in [9.17, 15) is 9.90 Å². The number of hydrogen-bond acceptors (Lipinski definition) is 3. The van der Waals surface area contributed by atoms with Crippen LogP contribution < -0.4 is 0 Å². The lowest BCUT2D eigenvalue weighted by molar-refractivity contribution is -0.146. The molecule has 0 aromatic rings. The Morgan fingerprint density at radius 2 is 1.93 bits per heavy atom. The molecule has 1 aliphatic heterocycles. The van der Waals surface area contributed by atoms with Crippen molar-refractivity contribution in [1.29, 1.82) is 0 Å². The molecule has 2 unspecified atom stereocenters. The first-order valence-corrected chi connectivity index (χ1v) is 5.41. The van der Waals surface area contributed by atoms with Crippen LogP contribution in [-0.2, 0) is 4.79 Å². The van der Waals surface area contributed by atoms with Gasteiger partial charge in [0.05, 0.1) is 0 Å². The summed E-state index contributed by atoms with van der Waals surface area (Å²) in [6.45, 7) is 6.69. The smallest absolute Gasteiger partial charge is 0.254 e. The number of hydrogen-bond donors (Lipinski definition) is 1. The first kappa shape index (κ1) is 12.5. The van der Waals surface area contributed by atoms with Gasteiger partial charge in [-0.15, -0.1) is 0 Å². The van der Waals surface area contributed by atoms with Crippen LogP contribution in [0.5, 0.6) is 0 Å². The third kappa shape index (κ3) is 2.69. The summed E-state index contributed by atoms with van der Waals surface area (Å²) in [5.41, 5.74) is -1.25. The SMILES string of the molecule is CC1CN(C(=O)C(C)(C)O)CC1N(C)C. The van der Waals surface area contributed by atoms with Crippen LogP contribution in [0.15, 0.2) is 0 Å². The Hall–Kier alpha value is -0.610. The van der Waals surface area contributed by atoms with E-state index in [-0.39, 0.29) is 5.91 Å². The Morgan fingerprint density at radius 3 is 2.27 bits per heavy atom. The molecule has 1 fully saturated rings. The largest absolute Gasteiger partial charge is 0.381 e. The molecule has 0 aliphatic carbocycles. The monoisotopic (exact) mass is 214 g/mol. The molecule has 0 bridgehead atoms. The van der Waals surface area contributed by atoms with E-state index in [0.717, 1.165) is 13.1 Å². The molecule has 1 amide bonds. The predicted molar refractivity (Wildman–Crippen MR) is 59.5 cm³/mol. The maximum Gasteiger partial charge on any atom is 0.254 e. The summed E-state index contributed by atoms with van der Waals surface area (Å²) in [6, 6.07) is 0.399. The Balaban J connectivity index is 2.67. The van der Waals surface area contributed by atoms with E-state index < -0.39 is 5.60 Å². The van der Waals surface area contributed by atoms with Crippen LogP contribution in [0.1, 0.15) is 20.8 Å². The van der Waals surface area contributed by atoms with Crippen molar-refractivity contribution in [3.63, 3.8) is 0 Å². The molecule has 4 nitrogen and oxygen atoms in total. The highest BCUT2D eigenvalue weighted by molar-refractivity contribution is 5.84. The van der Waals surface area contributed by atoms with Crippen molar-refractivity contribution in [2.24, 2.45) is 5.92 Å². The molecular formula is C11H22N2O2. The van der Waals surface area contributed by atoms with Gasteiger partial charge in [0.15, 0.2) is 0 Å². The van der Waals surface area contributed by atoms with Crippen LogP contribution in [0.4, 0.5) is 0 Å². The highest BCUT2D eigenvalue weighted by Crippen LogP contribution is 2.22. The molecular weight excluding hydrogens is 192 g/mol. The molecule has 1 rings (SSSR count). The summed E-state index contributed by atoms with van der Waals surface area (Å²) in [7, 11) is 4.05. The lowest BCUT2D eigenvalue weighted by Gasteiger charge is -2.25. The van der Waals surface area contributed by atoms with Crippen molar-refractivity contribution in [3.05, 3.63) is 0 Å². The average Bonchev–Trinajstić information content (AvgIpc) is 2.44. The van der Waals surface area contributed by atoms with Gasteiger partial charge in [0.1, 0.15) is 5.60 Å². The van der Waals surface area contributed by atoms with Gasteiger partial charge in [-0.3, -0.25) is 4.79 Å². The predicted octanol–water partition coefficient (Wildman–Crippen LogP) is 0.166. The number of rotatable bonds is 2. The third-order valence-electron chi connectivity index (χ3n) is 3.05. The van der Waals surface area contributed by atoms with E-state index in [2.05, 4.69) is 11.8 Å². The molecule has 2 atom stereocenters. The third-order valence-corrected chi connectivity index (χ3v) is 3.05. The standard InChI is InChI=1S/C11H22N2O2/c1-8-6-13(7-9(8)12(4)5)10(14)11(2,3)15/h8-9,15H,6-7H2,1-5H3. The average molecular weight is 214 g/mol. The summed E-state index contributed by atoms with van der Waals surface area (Å²) in [5, 5.41) is 9.65. The van der Waals surface area contributed by atoms with E-state index in [1.165, 1.54) is 0 Å². The second kappa shape index (κ2) is 4.10. The number of carbonyl (C=O) groups excluding carboxylic acids is 1. The Bertz CT molecular complexity index is 245. The van der Waals surface area contributed by atoms with Gasteiger partial charge >= 0.3 is 0 Å². The minimum absolute atomic E-state index is 0.168. The molecule has 0 aromatic carbocycles. The second-order valence-corrected chi connectivity index (χ2v) is 5.28. The fourth-order valence-electron chi connectivity index (χ4n) is 2.17. The summed E-state index contributed by atoms with van der Waals surface area (Å²) in [6.07, 6.45) is 0. The molecule has 1 heterocycles. The van der Waals surface area contributed by atoms with Crippen molar-refractivity contribution in [2.75, 3.05) is 27.2 Å². The molecule has 1 N–H and O–H groups in total. The zero-order valence-corrected chi connectivity index (χ0v) is 10.3. The highest BCUT2D eigenvalue weighted by atomic mass is 16.3. The number of likely N-dealkylation sites (N-methyl/N-ethyl adjacent to an activating group) is 1. The maximum atomic E-state index is 11.8. The number of nitrogens with zero attached hydrogens (tertiary/aromatic N) is 2. The topological polar surface area (TPSA) is 43.8 Å². The van der Waals surface area contributed by atoms with Crippen molar-refractivity contribution in [2.45, 2.75) is 32.4 Å². The van der Waals surface area contributed by atoms with E-state index in [1.54, 1.807) is 18.7 Å². The zero-order valence-electron chi connectivity index (χ0n) is 10.3. The van der Waals surface area contributed by atoms with Crippen molar-refractivity contribution in [1.82, 2.24) is 9.80 Å². The molecule has 88 valence electrons. The molecule has 4 heteroatoms. The van der Waals surface area contributed by atoms with Crippen molar-refractivity contribution in [3.8, 4) is 0 Å². The van der Waals surface area contributed by atoms with Gasteiger partial charge in [-0.1, -0.05) is 6.92 Å². The fourth-order valence-corrected chi connectivity index (χ4v) is 2.17. The van der Waals surface area contributed by atoms with E-state index in [0.29, 0.717) is 12.0 Å². The number of aliphatic hydroxyl groups is 1. The number of likely N-dealkylation sites (tertiary alicyclic amines) is 1. The van der Waals surface area contributed by atoms with Gasteiger partial charge < -0.3 is 14.9 Å². The summed E-state index contributed by atoms with van der Waals surface area (Å²) < 4.78 is 0. The van der Waals surface area contributed by atoms with Crippen LogP contribution in [0, 0.1) is 5.92 Å². The van der Waals surface area contributed by atoms with Gasteiger partial charge in [0.25, 0.3) is 5.91 Å².